The highest BCUT2D eigenvalue weighted by Gasteiger charge is 2.25. The first-order chi connectivity index (χ1) is 7.59. The molecule has 0 heterocycles. The van der Waals surface area contributed by atoms with Gasteiger partial charge in [-0.2, -0.15) is 0 Å². The van der Waals surface area contributed by atoms with Crippen LogP contribution >= 0.6 is 0 Å². The molecule has 0 aromatic heterocycles. The van der Waals surface area contributed by atoms with Crippen LogP contribution in [0, 0.1) is 6.92 Å². The first-order valence-electron chi connectivity index (χ1n) is 6.44. The fraction of sp³-hybridized carbons (Fsp3) is 0.625. The summed E-state index contributed by atoms with van der Waals surface area (Å²) in [5.74, 6) is 0.422. The molecule has 0 fully saturated rings. The lowest BCUT2D eigenvalue weighted by molar-refractivity contribution is 0.441. The Balaban J connectivity index is 3.45. The van der Waals surface area contributed by atoms with E-state index in [-0.39, 0.29) is 10.8 Å². The number of rotatable bonds is 2. The molecule has 0 aliphatic carbocycles. The average molecular weight is 234 g/mol. The lowest BCUT2D eigenvalue weighted by Gasteiger charge is -2.29. The van der Waals surface area contributed by atoms with Crippen LogP contribution in [0.15, 0.2) is 12.1 Å². The van der Waals surface area contributed by atoms with Crippen LogP contribution in [0.25, 0.3) is 0 Å². The molecule has 1 rings (SSSR count). The number of hydrogen-bond donors (Lipinski definition) is 1. The quantitative estimate of drug-likeness (QED) is 0.787. The van der Waals surface area contributed by atoms with E-state index in [1.807, 2.05) is 6.07 Å². The maximum atomic E-state index is 10.1. The third-order valence-corrected chi connectivity index (χ3v) is 3.76. The van der Waals surface area contributed by atoms with E-state index in [4.69, 9.17) is 0 Å². The van der Waals surface area contributed by atoms with Crippen molar-refractivity contribution in [3.05, 3.63) is 28.8 Å². The molecular formula is C16H26O. The van der Waals surface area contributed by atoms with Gasteiger partial charge in [0.1, 0.15) is 5.75 Å². The van der Waals surface area contributed by atoms with Crippen molar-refractivity contribution in [2.75, 3.05) is 0 Å². The van der Waals surface area contributed by atoms with E-state index in [1.54, 1.807) is 0 Å². The monoisotopic (exact) mass is 234 g/mol. The van der Waals surface area contributed by atoms with E-state index >= 15 is 0 Å². The first-order valence-corrected chi connectivity index (χ1v) is 6.44. The Morgan fingerprint density at radius 3 is 1.94 bits per heavy atom. The number of hydrogen-bond acceptors (Lipinski definition) is 1. The second kappa shape index (κ2) is 4.36. The maximum absolute atomic E-state index is 10.1. The van der Waals surface area contributed by atoms with Gasteiger partial charge in [-0.15, -0.1) is 0 Å². The van der Waals surface area contributed by atoms with Crippen molar-refractivity contribution in [2.45, 2.75) is 65.7 Å². The molecule has 1 N–H and O–H groups in total. The fourth-order valence-electron chi connectivity index (χ4n) is 2.21. The van der Waals surface area contributed by atoms with Gasteiger partial charge in [0.25, 0.3) is 0 Å². The van der Waals surface area contributed by atoms with Crippen LogP contribution in [0.1, 0.15) is 64.7 Å². The van der Waals surface area contributed by atoms with Gasteiger partial charge < -0.3 is 5.11 Å². The van der Waals surface area contributed by atoms with Crippen LogP contribution in [0.3, 0.4) is 0 Å². The van der Waals surface area contributed by atoms with Crippen LogP contribution in [0.2, 0.25) is 0 Å². The highest BCUT2D eigenvalue weighted by atomic mass is 16.3. The summed E-state index contributed by atoms with van der Waals surface area (Å²) < 4.78 is 0. The van der Waals surface area contributed by atoms with E-state index in [0.29, 0.717) is 5.75 Å². The second-order valence-electron chi connectivity index (χ2n) is 6.67. The molecule has 0 saturated heterocycles. The summed E-state index contributed by atoms with van der Waals surface area (Å²) in [6.07, 6.45) is 1.10. The number of phenols is 1. The minimum Gasteiger partial charge on any atom is -0.508 e. The maximum Gasteiger partial charge on any atom is 0.119 e. The zero-order valence-corrected chi connectivity index (χ0v) is 12.3. The Morgan fingerprint density at radius 1 is 1.00 bits per heavy atom. The summed E-state index contributed by atoms with van der Waals surface area (Å²) in [5, 5.41) is 10.1. The van der Waals surface area contributed by atoms with Crippen LogP contribution < -0.4 is 0 Å². The van der Waals surface area contributed by atoms with Gasteiger partial charge in [-0.25, -0.2) is 0 Å². The van der Waals surface area contributed by atoms with Gasteiger partial charge in [0.15, 0.2) is 0 Å². The third kappa shape index (κ3) is 2.83. The van der Waals surface area contributed by atoms with Gasteiger partial charge in [-0.3, -0.25) is 0 Å². The largest absolute Gasteiger partial charge is 0.508 e. The van der Waals surface area contributed by atoms with Gasteiger partial charge in [0.2, 0.25) is 0 Å². The molecule has 1 aromatic rings. The summed E-state index contributed by atoms with van der Waals surface area (Å²) >= 11 is 0. The zero-order valence-electron chi connectivity index (χ0n) is 12.3. The third-order valence-electron chi connectivity index (χ3n) is 3.76. The van der Waals surface area contributed by atoms with Crippen molar-refractivity contribution in [1.82, 2.24) is 0 Å². The number of benzene rings is 1. The molecule has 0 bridgehead atoms. The smallest absolute Gasteiger partial charge is 0.119 e. The standard InChI is InChI=1S/C16H26O/c1-8-16(6,7)12-10-13(15(3,4)5)14(17)9-11(12)2/h9-10,17H,8H2,1-7H3. The van der Waals surface area contributed by atoms with Crippen molar-refractivity contribution in [3.8, 4) is 5.75 Å². The SMILES string of the molecule is CCC(C)(C)c1cc(C(C)(C)C)c(O)cc1C. The molecule has 0 amide bonds. The average Bonchev–Trinajstić information content (AvgIpc) is 2.15. The first kappa shape index (κ1) is 14.1. The van der Waals surface area contributed by atoms with Crippen molar-refractivity contribution in [1.29, 1.82) is 0 Å². The predicted molar refractivity (Wildman–Crippen MR) is 74.9 cm³/mol. The van der Waals surface area contributed by atoms with Crippen LogP contribution in [0.5, 0.6) is 5.75 Å². The molecule has 0 atom stereocenters. The fourth-order valence-corrected chi connectivity index (χ4v) is 2.21. The number of aryl methyl sites for hydroxylation is 1. The Morgan fingerprint density at radius 2 is 1.53 bits per heavy atom. The highest BCUT2D eigenvalue weighted by Crippen LogP contribution is 2.38. The summed E-state index contributed by atoms with van der Waals surface area (Å²) in [7, 11) is 0. The van der Waals surface area contributed by atoms with Crippen LogP contribution in [-0.4, -0.2) is 5.11 Å². The van der Waals surface area contributed by atoms with E-state index in [1.165, 1.54) is 11.1 Å². The lowest BCUT2D eigenvalue weighted by Crippen LogP contribution is -2.20. The van der Waals surface area contributed by atoms with Gasteiger partial charge in [0, 0.05) is 0 Å². The van der Waals surface area contributed by atoms with Gasteiger partial charge >= 0.3 is 0 Å². The molecule has 1 nitrogen and oxygen atoms in total. The van der Waals surface area contributed by atoms with E-state index in [2.05, 4.69) is 54.5 Å². The Bertz CT molecular complexity index is 408. The topological polar surface area (TPSA) is 20.2 Å². The lowest BCUT2D eigenvalue weighted by atomic mass is 9.76. The van der Waals surface area contributed by atoms with Gasteiger partial charge in [-0.1, -0.05) is 47.6 Å². The minimum atomic E-state index is -0.0175. The summed E-state index contributed by atoms with van der Waals surface area (Å²) in [6.45, 7) is 15.2. The van der Waals surface area contributed by atoms with Crippen molar-refractivity contribution < 1.29 is 5.11 Å². The molecule has 1 aromatic carbocycles. The molecule has 96 valence electrons. The predicted octanol–water partition coefficient (Wildman–Crippen LogP) is 4.69. The van der Waals surface area contributed by atoms with E-state index in [9.17, 15) is 5.11 Å². The van der Waals surface area contributed by atoms with Crippen molar-refractivity contribution in [2.24, 2.45) is 0 Å². The van der Waals surface area contributed by atoms with Crippen molar-refractivity contribution >= 4 is 0 Å². The molecule has 0 aliphatic heterocycles. The highest BCUT2D eigenvalue weighted by molar-refractivity contribution is 5.47. The summed E-state index contributed by atoms with van der Waals surface area (Å²) in [6, 6.07) is 4.10. The normalized spacial score (nSPS) is 12.9. The molecule has 0 radical (unpaired) electrons. The number of phenolic OH excluding ortho intramolecular Hbond substituents is 1. The number of aromatic hydroxyl groups is 1. The Kier molecular flexibility index (Phi) is 3.61. The second-order valence-corrected chi connectivity index (χ2v) is 6.67. The minimum absolute atomic E-state index is 0.0175. The zero-order chi connectivity index (χ0) is 13.4. The molecule has 0 saturated carbocycles. The Hall–Kier alpha value is -0.980. The van der Waals surface area contributed by atoms with Crippen LogP contribution in [-0.2, 0) is 10.8 Å². The van der Waals surface area contributed by atoms with E-state index < -0.39 is 0 Å². The summed E-state index contributed by atoms with van der Waals surface area (Å²) in [5.41, 5.74) is 3.72. The van der Waals surface area contributed by atoms with Gasteiger partial charge in [0.05, 0.1) is 0 Å². The molecular weight excluding hydrogens is 208 g/mol. The van der Waals surface area contributed by atoms with Crippen LogP contribution in [0.4, 0.5) is 0 Å². The molecule has 0 aliphatic rings. The summed E-state index contributed by atoms with van der Waals surface area (Å²) in [4.78, 5) is 0. The molecule has 0 unspecified atom stereocenters. The molecule has 1 heteroatoms. The van der Waals surface area contributed by atoms with Crippen molar-refractivity contribution in [3.63, 3.8) is 0 Å². The Labute approximate surface area is 106 Å². The van der Waals surface area contributed by atoms with E-state index in [0.717, 1.165) is 12.0 Å². The molecule has 17 heavy (non-hydrogen) atoms. The van der Waals surface area contributed by atoms with Gasteiger partial charge in [-0.05, 0) is 46.9 Å². The molecule has 0 spiro atoms.